The van der Waals surface area contributed by atoms with Gasteiger partial charge in [-0.25, -0.2) is 9.48 Å². The quantitative estimate of drug-likeness (QED) is 0.289. The molecule has 1 heterocycles. The number of hydrogen-bond donors (Lipinski definition) is 0. The molecule has 6 nitrogen and oxygen atoms in total. The molecular formula is C21H29ClN2O4Si. The van der Waals surface area contributed by atoms with Crippen LogP contribution in [0.2, 0.25) is 30.7 Å². The zero-order valence-corrected chi connectivity index (χ0v) is 19.3. The molecule has 0 radical (unpaired) electrons. The summed E-state index contributed by atoms with van der Waals surface area (Å²) in [6.07, 6.45) is 3.95. The second-order valence-electron chi connectivity index (χ2n) is 8.46. The Bertz CT molecular complexity index is 859. The van der Waals surface area contributed by atoms with Crippen LogP contribution in [0.25, 0.3) is 11.3 Å². The Morgan fingerprint density at radius 1 is 1.31 bits per heavy atom. The average molecular weight is 437 g/mol. The number of benzene rings is 1. The second kappa shape index (κ2) is 9.32. The molecule has 1 aliphatic carbocycles. The summed E-state index contributed by atoms with van der Waals surface area (Å²) >= 11 is 6.24. The highest BCUT2D eigenvalue weighted by molar-refractivity contribution is 6.76. The molecule has 2 aromatic rings. The first-order chi connectivity index (χ1) is 13.8. The molecule has 0 amide bonds. The fraction of sp³-hybridized carbons (Fsp3) is 0.524. The molecule has 29 heavy (non-hydrogen) atoms. The summed E-state index contributed by atoms with van der Waals surface area (Å²) in [5.74, 6) is 0.251. The largest absolute Gasteiger partial charge is 0.490 e. The number of esters is 1. The van der Waals surface area contributed by atoms with Crippen LogP contribution in [0.3, 0.4) is 0 Å². The lowest BCUT2D eigenvalue weighted by molar-refractivity contribution is 0.0525. The topological polar surface area (TPSA) is 62.6 Å². The van der Waals surface area contributed by atoms with E-state index in [1.165, 1.54) is 0 Å². The Morgan fingerprint density at radius 2 is 2.07 bits per heavy atom. The summed E-state index contributed by atoms with van der Waals surface area (Å²) in [6.45, 7) is 9.94. The van der Waals surface area contributed by atoms with Crippen LogP contribution < -0.4 is 4.74 Å². The van der Waals surface area contributed by atoms with Gasteiger partial charge in [-0.2, -0.15) is 5.10 Å². The van der Waals surface area contributed by atoms with Gasteiger partial charge >= 0.3 is 5.97 Å². The SMILES string of the molecule is CCOC(=O)c1cn(COCC[Si](C)(C)C)nc1-c1cc(Cl)ccc1OC1CC1. The Kier molecular flexibility index (Phi) is 7.03. The maximum Gasteiger partial charge on any atom is 0.341 e. The molecule has 0 N–H and O–H groups in total. The van der Waals surface area contributed by atoms with Gasteiger partial charge in [-0.1, -0.05) is 31.2 Å². The van der Waals surface area contributed by atoms with Crippen LogP contribution >= 0.6 is 11.6 Å². The molecule has 0 spiro atoms. The van der Waals surface area contributed by atoms with Crippen LogP contribution in [0.15, 0.2) is 24.4 Å². The van der Waals surface area contributed by atoms with E-state index in [0.717, 1.165) is 18.9 Å². The number of carbonyl (C=O) groups excluding carboxylic acids is 1. The van der Waals surface area contributed by atoms with Crippen molar-refractivity contribution in [3.8, 4) is 17.0 Å². The van der Waals surface area contributed by atoms with Gasteiger partial charge in [0.15, 0.2) is 0 Å². The van der Waals surface area contributed by atoms with E-state index in [-0.39, 0.29) is 19.4 Å². The molecule has 0 aliphatic heterocycles. The zero-order valence-electron chi connectivity index (χ0n) is 17.5. The van der Waals surface area contributed by atoms with E-state index in [0.29, 0.717) is 34.2 Å². The number of ether oxygens (including phenoxy) is 3. The molecule has 1 aromatic carbocycles. The number of hydrogen-bond acceptors (Lipinski definition) is 5. The molecule has 158 valence electrons. The normalized spacial score (nSPS) is 14.1. The average Bonchev–Trinajstić information content (AvgIpc) is 3.36. The number of nitrogens with zero attached hydrogens (tertiary/aromatic N) is 2. The third-order valence-electron chi connectivity index (χ3n) is 4.49. The van der Waals surface area contributed by atoms with Gasteiger partial charge < -0.3 is 14.2 Å². The van der Waals surface area contributed by atoms with Gasteiger partial charge in [0, 0.05) is 31.5 Å². The highest BCUT2D eigenvalue weighted by Crippen LogP contribution is 2.37. The van der Waals surface area contributed by atoms with Gasteiger partial charge in [-0.3, -0.25) is 0 Å². The molecule has 0 unspecified atom stereocenters. The Hall–Kier alpha value is -1.83. The van der Waals surface area contributed by atoms with Crippen molar-refractivity contribution < 1.29 is 19.0 Å². The van der Waals surface area contributed by atoms with E-state index in [1.807, 2.05) is 6.07 Å². The summed E-state index contributed by atoms with van der Waals surface area (Å²) < 4.78 is 18.7. The van der Waals surface area contributed by atoms with Crippen molar-refractivity contribution in [1.82, 2.24) is 9.78 Å². The molecule has 0 bridgehead atoms. The second-order valence-corrected chi connectivity index (χ2v) is 14.5. The van der Waals surface area contributed by atoms with E-state index in [2.05, 4.69) is 24.7 Å². The van der Waals surface area contributed by atoms with Crippen molar-refractivity contribution in [1.29, 1.82) is 0 Å². The van der Waals surface area contributed by atoms with E-state index < -0.39 is 14.0 Å². The van der Waals surface area contributed by atoms with Crippen LogP contribution in [0.1, 0.15) is 30.1 Å². The van der Waals surface area contributed by atoms with Crippen molar-refractivity contribution >= 4 is 25.6 Å². The molecular weight excluding hydrogens is 408 g/mol. The highest BCUT2D eigenvalue weighted by Gasteiger charge is 2.27. The number of carbonyl (C=O) groups is 1. The fourth-order valence-electron chi connectivity index (χ4n) is 2.74. The summed E-state index contributed by atoms with van der Waals surface area (Å²) in [6, 6.07) is 6.46. The predicted octanol–water partition coefficient (Wildman–Crippen LogP) is 5.23. The monoisotopic (exact) mass is 436 g/mol. The maximum absolute atomic E-state index is 12.6. The van der Waals surface area contributed by atoms with Crippen LogP contribution in [0.4, 0.5) is 0 Å². The van der Waals surface area contributed by atoms with Gasteiger partial charge in [0.2, 0.25) is 0 Å². The van der Waals surface area contributed by atoms with Crippen molar-refractivity contribution in [2.24, 2.45) is 0 Å². The van der Waals surface area contributed by atoms with Crippen LogP contribution in [-0.4, -0.2) is 43.1 Å². The number of rotatable bonds is 10. The first-order valence-electron chi connectivity index (χ1n) is 10.1. The van der Waals surface area contributed by atoms with E-state index >= 15 is 0 Å². The fourth-order valence-corrected chi connectivity index (χ4v) is 3.67. The van der Waals surface area contributed by atoms with Crippen LogP contribution in [0, 0.1) is 0 Å². The van der Waals surface area contributed by atoms with Gasteiger partial charge in [0.25, 0.3) is 0 Å². The van der Waals surface area contributed by atoms with Gasteiger partial charge in [0.1, 0.15) is 23.7 Å². The Labute approximate surface area is 178 Å². The molecule has 1 saturated carbocycles. The van der Waals surface area contributed by atoms with Gasteiger partial charge in [-0.05, 0) is 44.0 Å². The van der Waals surface area contributed by atoms with Crippen molar-refractivity contribution in [3.05, 3.63) is 35.0 Å². The summed E-state index contributed by atoms with van der Waals surface area (Å²) in [4.78, 5) is 12.6. The Morgan fingerprint density at radius 3 is 2.72 bits per heavy atom. The van der Waals surface area contributed by atoms with E-state index in [4.69, 9.17) is 25.8 Å². The molecule has 3 rings (SSSR count). The minimum atomic E-state index is -1.17. The lowest BCUT2D eigenvalue weighted by Crippen LogP contribution is -2.22. The number of halogens is 1. The molecule has 0 saturated heterocycles. The smallest absolute Gasteiger partial charge is 0.341 e. The minimum absolute atomic E-state index is 0.216. The summed E-state index contributed by atoms with van der Waals surface area (Å²) in [5, 5.41) is 5.17. The van der Waals surface area contributed by atoms with Crippen molar-refractivity contribution in [3.63, 3.8) is 0 Å². The Balaban J connectivity index is 1.87. The number of aromatic nitrogens is 2. The van der Waals surface area contributed by atoms with Crippen molar-refractivity contribution in [2.45, 2.75) is 58.3 Å². The van der Waals surface area contributed by atoms with Crippen molar-refractivity contribution in [2.75, 3.05) is 13.2 Å². The summed E-state index contributed by atoms with van der Waals surface area (Å²) in [5.41, 5.74) is 1.56. The molecule has 8 heteroatoms. The molecule has 1 aromatic heterocycles. The predicted molar refractivity (Wildman–Crippen MR) is 116 cm³/mol. The first-order valence-corrected chi connectivity index (χ1v) is 14.1. The third kappa shape index (κ3) is 6.32. The summed E-state index contributed by atoms with van der Waals surface area (Å²) in [7, 11) is -1.17. The van der Waals surface area contributed by atoms with Gasteiger partial charge in [-0.15, -0.1) is 0 Å². The van der Waals surface area contributed by atoms with Crippen LogP contribution in [0.5, 0.6) is 5.75 Å². The lowest BCUT2D eigenvalue weighted by atomic mass is 10.1. The van der Waals surface area contributed by atoms with E-state index in [1.54, 1.807) is 29.9 Å². The maximum atomic E-state index is 12.6. The highest BCUT2D eigenvalue weighted by atomic mass is 35.5. The molecule has 1 fully saturated rings. The minimum Gasteiger partial charge on any atom is -0.490 e. The standard InChI is InChI=1S/C21H29ClN2O4Si/c1-5-27-21(25)18-13-24(14-26-10-11-29(2,3)4)23-20(18)17-12-15(22)6-9-19(17)28-16-7-8-16/h6,9,12-13,16H,5,7-8,10-11,14H2,1-4H3. The third-order valence-corrected chi connectivity index (χ3v) is 6.43. The molecule has 1 aliphatic rings. The lowest BCUT2D eigenvalue weighted by Gasteiger charge is -2.15. The zero-order chi connectivity index (χ0) is 21.0. The first kappa shape index (κ1) is 21.9. The van der Waals surface area contributed by atoms with Gasteiger partial charge in [0.05, 0.1) is 12.7 Å². The van der Waals surface area contributed by atoms with E-state index in [9.17, 15) is 4.79 Å². The van der Waals surface area contributed by atoms with Crippen LogP contribution in [-0.2, 0) is 16.2 Å². The molecule has 0 atom stereocenters.